The van der Waals surface area contributed by atoms with Crippen LogP contribution in [0.4, 0.5) is 9.59 Å². The van der Waals surface area contributed by atoms with Crippen LogP contribution in [0.1, 0.15) is 0 Å². The van der Waals surface area contributed by atoms with Crippen LogP contribution >= 0.6 is 0 Å². The summed E-state index contributed by atoms with van der Waals surface area (Å²) in [5.41, 5.74) is 9.74. The first-order valence-electron chi connectivity index (χ1n) is 5.67. The number of hydrogen-bond acceptors (Lipinski definition) is 6. The van der Waals surface area contributed by atoms with E-state index in [-0.39, 0.29) is 13.2 Å². The van der Waals surface area contributed by atoms with E-state index in [2.05, 4.69) is 4.74 Å². The summed E-state index contributed by atoms with van der Waals surface area (Å²) in [4.78, 5) is 21.3. The molecule has 2 amide bonds. The Balaban J connectivity index is 2.60. The van der Waals surface area contributed by atoms with E-state index < -0.39 is 18.3 Å². The Morgan fingerprint density at radius 1 is 1.10 bits per heavy atom. The quantitative estimate of drug-likeness (QED) is 0.757. The SMILES string of the molecule is COc1ccccc1OCC(COC(N)=O)OC(N)=O. The van der Waals surface area contributed by atoms with E-state index in [1.807, 2.05) is 0 Å². The summed E-state index contributed by atoms with van der Waals surface area (Å²) < 4.78 is 19.8. The van der Waals surface area contributed by atoms with Gasteiger partial charge >= 0.3 is 12.2 Å². The first-order chi connectivity index (χ1) is 9.52. The van der Waals surface area contributed by atoms with Gasteiger partial charge in [0.1, 0.15) is 13.2 Å². The Morgan fingerprint density at radius 3 is 2.30 bits per heavy atom. The molecule has 0 spiro atoms. The van der Waals surface area contributed by atoms with Crippen molar-refractivity contribution in [1.29, 1.82) is 0 Å². The first-order valence-corrected chi connectivity index (χ1v) is 5.67. The van der Waals surface area contributed by atoms with E-state index in [0.29, 0.717) is 11.5 Å². The smallest absolute Gasteiger partial charge is 0.405 e. The summed E-state index contributed by atoms with van der Waals surface area (Å²) in [6.07, 6.45) is -2.86. The third-order valence-corrected chi connectivity index (χ3v) is 2.19. The number of hydrogen-bond donors (Lipinski definition) is 2. The molecule has 0 aliphatic rings. The highest BCUT2D eigenvalue weighted by Crippen LogP contribution is 2.25. The predicted octanol–water partition coefficient (Wildman–Crippen LogP) is 0.633. The molecule has 0 saturated carbocycles. The first kappa shape index (κ1) is 15.4. The van der Waals surface area contributed by atoms with Crippen LogP contribution in [0.3, 0.4) is 0 Å². The Labute approximate surface area is 115 Å². The minimum absolute atomic E-state index is 0.0728. The standard InChI is InChI=1S/C12H16N2O6/c1-17-9-4-2-3-5-10(9)18-6-8(20-12(14)16)7-19-11(13)15/h2-5,8H,6-7H2,1H3,(H2,13,15)(H2,14,16). The summed E-state index contributed by atoms with van der Waals surface area (Å²) in [6.45, 7) is -0.329. The Kier molecular flexibility index (Phi) is 5.95. The number of para-hydroxylation sites is 2. The lowest BCUT2D eigenvalue weighted by atomic mass is 10.3. The van der Waals surface area contributed by atoms with Gasteiger partial charge in [-0.25, -0.2) is 9.59 Å². The lowest BCUT2D eigenvalue weighted by Crippen LogP contribution is -2.33. The average molecular weight is 284 g/mol. The summed E-state index contributed by atoms with van der Waals surface area (Å²) in [5, 5.41) is 0. The van der Waals surface area contributed by atoms with Crippen molar-refractivity contribution in [2.75, 3.05) is 20.3 Å². The molecule has 8 heteroatoms. The highest BCUT2D eigenvalue weighted by molar-refractivity contribution is 5.65. The van der Waals surface area contributed by atoms with Crippen LogP contribution in [-0.2, 0) is 9.47 Å². The van der Waals surface area contributed by atoms with Crippen molar-refractivity contribution in [2.45, 2.75) is 6.10 Å². The largest absolute Gasteiger partial charge is 0.493 e. The third-order valence-electron chi connectivity index (χ3n) is 2.19. The lowest BCUT2D eigenvalue weighted by Gasteiger charge is -2.17. The van der Waals surface area contributed by atoms with Gasteiger partial charge in [0.25, 0.3) is 0 Å². The highest BCUT2D eigenvalue weighted by atomic mass is 16.6. The molecule has 1 unspecified atom stereocenters. The van der Waals surface area contributed by atoms with E-state index in [4.69, 9.17) is 25.7 Å². The van der Waals surface area contributed by atoms with E-state index in [1.54, 1.807) is 24.3 Å². The van der Waals surface area contributed by atoms with Gasteiger partial charge in [-0.15, -0.1) is 0 Å². The number of benzene rings is 1. The van der Waals surface area contributed by atoms with Crippen LogP contribution in [0, 0.1) is 0 Å². The van der Waals surface area contributed by atoms with Crippen molar-refractivity contribution in [1.82, 2.24) is 0 Å². The van der Waals surface area contributed by atoms with Crippen molar-refractivity contribution < 1.29 is 28.5 Å². The maximum absolute atomic E-state index is 10.7. The molecule has 1 atom stereocenters. The second-order valence-corrected chi connectivity index (χ2v) is 3.65. The van der Waals surface area contributed by atoms with E-state index in [0.717, 1.165) is 0 Å². The fourth-order valence-corrected chi connectivity index (χ4v) is 1.38. The number of methoxy groups -OCH3 is 1. The van der Waals surface area contributed by atoms with Crippen LogP contribution in [0.5, 0.6) is 11.5 Å². The molecule has 1 rings (SSSR count). The van der Waals surface area contributed by atoms with Gasteiger partial charge in [0.2, 0.25) is 0 Å². The van der Waals surface area contributed by atoms with Crippen molar-refractivity contribution in [2.24, 2.45) is 11.5 Å². The Hall–Kier alpha value is -2.64. The number of primary amides is 2. The van der Waals surface area contributed by atoms with Crippen molar-refractivity contribution >= 4 is 12.2 Å². The molecule has 0 saturated heterocycles. The van der Waals surface area contributed by atoms with Gasteiger partial charge in [0.15, 0.2) is 17.6 Å². The maximum Gasteiger partial charge on any atom is 0.405 e. The number of ether oxygens (including phenoxy) is 4. The summed E-state index contributed by atoms with van der Waals surface area (Å²) in [5.74, 6) is 0.966. The van der Waals surface area contributed by atoms with E-state index in [1.165, 1.54) is 7.11 Å². The van der Waals surface area contributed by atoms with Gasteiger partial charge in [-0.1, -0.05) is 12.1 Å². The molecule has 0 aromatic heterocycles. The number of carbonyl (C=O) groups is 2. The van der Waals surface area contributed by atoms with E-state index in [9.17, 15) is 9.59 Å². The van der Waals surface area contributed by atoms with Crippen molar-refractivity contribution in [3.05, 3.63) is 24.3 Å². The van der Waals surface area contributed by atoms with Gasteiger partial charge in [-0.3, -0.25) is 0 Å². The molecule has 0 fully saturated rings. The van der Waals surface area contributed by atoms with Crippen LogP contribution < -0.4 is 20.9 Å². The van der Waals surface area contributed by atoms with E-state index >= 15 is 0 Å². The van der Waals surface area contributed by atoms with Crippen LogP contribution in [0.15, 0.2) is 24.3 Å². The second kappa shape index (κ2) is 7.72. The normalized spacial score (nSPS) is 11.2. The highest BCUT2D eigenvalue weighted by Gasteiger charge is 2.16. The number of nitrogens with two attached hydrogens (primary N) is 2. The Morgan fingerprint density at radius 2 is 1.75 bits per heavy atom. The van der Waals surface area contributed by atoms with Gasteiger partial charge in [0.05, 0.1) is 7.11 Å². The van der Waals surface area contributed by atoms with Crippen LogP contribution in [-0.4, -0.2) is 38.6 Å². The van der Waals surface area contributed by atoms with Gasteiger partial charge < -0.3 is 30.4 Å². The predicted molar refractivity (Wildman–Crippen MR) is 68.5 cm³/mol. The van der Waals surface area contributed by atoms with Gasteiger partial charge in [-0.05, 0) is 12.1 Å². The maximum atomic E-state index is 10.7. The summed E-state index contributed by atoms with van der Waals surface area (Å²) in [6, 6.07) is 6.91. The fraction of sp³-hybridized carbons (Fsp3) is 0.333. The van der Waals surface area contributed by atoms with Crippen LogP contribution in [0.25, 0.3) is 0 Å². The third kappa shape index (κ3) is 5.34. The number of carbonyl (C=O) groups excluding carboxylic acids is 2. The summed E-state index contributed by atoms with van der Waals surface area (Å²) >= 11 is 0. The summed E-state index contributed by atoms with van der Waals surface area (Å²) in [7, 11) is 1.50. The molecule has 4 N–H and O–H groups in total. The zero-order chi connectivity index (χ0) is 15.0. The Bertz CT molecular complexity index is 465. The van der Waals surface area contributed by atoms with Gasteiger partial charge in [0, 0.05) is 0 Å². The monoisotopic (exact) mass is 284 g/mol. The minimum atomic E-state index is -1.01. The number of rotatable bonds is 7. The average Bonchev–Trinajstić information content (AvgIpc) is 2.41. The lowest BCUT2D eigenvalue weighted by molar-refractivity contribution is 0.0253. The minimum Gasteiger partial charge on any atom is -0.493 e. The molecule has 0 radical (unpaired) electrons. The molecular weight excluding hydrogens is 268 g/mol. The van der Waals surface area contributed by atoms with Crippen molar-refractivity contribution in [3.8, 4) is 11.5 Å². The second-order valence-electron chi connectivity index (χ2n) is 3.65. The van der Waals surface area contributed by atoms with Gasteiger partial charge in [-0.2, -0.15) is 0 Å². The zero-order valence-corrected chi connectivity index (χ0v) is 10.9. The molecule has 110 valence electrons. The molecule has 1 aromatic carbocycles. The molecule has 20 heavy (non-hydrogen) atoms. The molecular formula is C12H16N2O6. The molecule has 0 aliphatic heterocycles. The van der Waals surface area contributed by atoms with Crippen LogP contribution in [0.2, 0.25) is 0 Å². The molecule has 1 aromatic rings. The molecule has 0 aliphatic carbocycles. The number of amides is 2. The molecule has 0 bridgehead atoms. The van der Waals surface area contributed by atoms with Crippen molar-refractivity contribution in [3.63, 3.8) is 0 Å². The topological polar surface area (TPSA) is 123 Å². The fourth-order valence-electron chi connectivity index (χ4n) is 1.38. The zero-order valence-electron chi connectivity index (χ0n) is 10.9. The molecule has 0 heterocycles. The molecule has 8 nitrogen and oxygen atoms in total.